The third-order valence-electron chi connectivity index (χ3n) is 7.14. The first-order valence-electron chi connectivity index (χ1n) is 13.0. The minimum atomic E-state index is -1.50. The summed E-state index contributed by atoms with van der Waals surface area (Å²) < 4.78 is 20.0. The Morgan fingerprint density at radius 3 is 2.66 bits per heavy atom. The van der Waals surface area contributed by atoms with Crippen molar-refractivity contribution >= 4 is 23.4 Å². The fraction of sp³-hybridized carbons (Fsp3) is 0.379. The Hall–Kier alpha value is -4.30. The van der Waals surface area contributed by atoms with Crippen LogP contribution in [0.2, 0.25) is 5.02 Å². The Balaban J connectivity index is 1.57. The number of nitriles is 1. The first kappa shape index (κ1) is 29.7. The topological polar surface area (TPSA) is 141 Å². The molecule has 1 unspecified atom stereocenters. The highest BCUT2D eigenvalue weighted by atomic mass is 35.5. The van der Waals surface area contributed by atoms with Crippen LogP contribution in [0.5, 0.6) is 11.5 Å². The zero-order valence-electron chi connectivity index (χ0n) is 23.1. The van der Waals surface area contributed by atoms with Crippen LogP contribution in [-0.4, -0.2) is 50.7 Å². The van der Waals surface area contributed by atoms with Crippen LogP contribution in [-0.2, 0) is 4.79 Å². The number of rotatable bonds is 8. The van der Waals surface area contributed by atoms with Crippen LogP contribution in [0.15, 0.2) is 47.3 Å². The van der Waals surface area contributed by atoms with Crippen molar-refractivity contribution in [2.75, 3.05) is 6.67 Å². The molecule has 4 rings (SSSR count). The number of carbonyl (C=O) groups excluding carboxylic acids is 2. The minimum absolute atomic E-state index is 0.0115. The molecule has 41 heavy (non-hydrogen) atoms. The van der Waals surface area contributed by atoms with Crippen LogP contribution < -0.4 is 15.6 Å². The van der Waals surface area contributed by atoms with Crippen LogP contribution in [0.4, 0.5) is 4.39 Å². The van der Waals surface area contributed by atoms with E-state index >= 15 is 0 Å². The zero-order valence-corrected chi connectivity index (χ0v) is 23.8. The Kier molecular flexibility index (Phi) is 8.73. The van der Waals surface area contributed by atoms with Crippen LogP contribution in [0.3, 0.4) is 0 Å². The first-order chi connectivity index (χ1) is 19.4. The van der Waals surface area contributed by atoms with Gasteiger partial charge in [-0.05, 0) is 70.4 Å². The number of nitrogens with zero attached hydrogens (tertiary/aromatic N) is 4. The maximum absolute atomic E-state index is 14.4. The molecule has 10 nitrogen and oxygen atoms in total. The molecule has 1 aliphatic heterocycles. The summed E-state index contributed by atoms with van der Waals surface area (Å²) in [4.78, 5) is 44.7. The predicted octanol–water partition coefficient (Wildman–Crippen LogP) is 4.58. The van der Waals surface area contributed by atoms with Crippen LogP contribution in [0.25, 0.3) is 0 Å². The zero-order chi connectivity index (χ0) is 29.9. The molecule has 214 valence electrons. The van der Waals surface area contributed by atoms with Gasteiger partial charge in [-0.25, -0.2) is 14.5 Å². The molecule has 2 amide bonds. The van der Waals surface area contributed by atoms with Gasteiger partial charge < -0.3 is 15.0 Å². The molecular formula is C29H30ClFN6O4. The average molecular weight is 581 g/mol. The largest absolute Gasteiger partial charge is 0.450 e. The Morgan fingerprint density at radius 2 is 2.00 bits per heavy atom. The lowest BCUT2D eigenvalue weighted by molar-refractivity contribution is -0.138. The molecule has 3 aromatic rings. The van der Waals surface area contributed by atoms with Gasteiger partial charge in [-0.1, -0.05) is 23.7 Å². The number of halogens is 2. The second-order valence-electron chi connectivity index (χ2n) is 10.5. The van der Waals surface area contributed by atoms with E-state index in [4.69, 9.17) is 16.3 Å². The number of nitrogens with one attached hydrogen (secondary N) is 2. The van der Waals surface area contributed by atoms with E-state index in [1.807, 2.05) is 6.07 Å². The van der Waals surface area contributed by atoms with Gasteiger partial charge in [0.05, 0.1) is 35.0 Å². The highest BCUT2D eigenvalue weighted by Gasteiger charge is 2.47. The molecule has 12 heteroatoms. The van der Waals surface area contributed by atoms with Crippen molar-refractivity contribution < 1.29 is 18.7 Å². The molecule has 1 aromatic carbocycles. The van der Waals surface area contributed by atoms with Gasteiger partial charge >= 0.3 is 5.56 Å². The van der Waals surface area contributed by atoms with Crippen LogP contribution >= 0.6 is 11.6 Å². The number of carbonyl (C=O) groups is 2. The molecule has 2 N–H and O–H groups in total. The van der Waals surface area contributed by atoms with Crippen molar-refractivity contribution in [3.63, 3.8) is 0 Å². The number of ether oxygens (including phenoxy) is 1. The van der Waals surface area contributed by atoms with Crippen molar-refractivity contribution in [3.8, 4) is 17.6 Å². The normalized spacial score (nSPS) is 17.5. The summed E-state index contributed by atoms with van der Waals surface area (Å²) in [5.41, 5.74) is 0.0872. The summed E-state index contributed by atoms with van der Waals surface area (Å²) in [6.07, 6.45) is 1.08. The fourth-order valence-corrected chi connectivity index (χ4v) is 5.18. The molecule has 0 bridgehead atoms. The SMILES string of the molecule is Cc1cc(Oc2ccc(C(=O)N[C@H](CF)C(=O)N3C(C(C)(C)C#N)CC[C@H]3c3cccc(Cl)c3)nc2C)c(=O)[nH]n1. The first-order valence-corrected chi connectivity index (χ1v) is 13.4. The lowest BCUT2D eigenvalue weighted by atomic mass is 9.84. The Bertz CT molecular complexity index is 1570. The van der Waals surface area contributed by atoms with Gasteiger partial charge in [0.15, 0.2) is 5.75 Å². The number of benzene rings is 1. The molecule has 0 radical (unpaired) electrons. The minimum Gasteiger partial charge on any atom is -0.450 e. The molecule has 0 saturated carbocycles. The standard InChI is InChI=1S/C29H30ClFN6O4/c1-16-12-24(27(39)36-35-16)41-23-10-8-20(33-17(23)2)26(38)34-21(14-31)28(40)37-22(18-6-5-7-19(30)13-18)9-11-25(37)29(3,4)15-32/h5-8,10,12-13,21-22,25H,9,11,14H2,1-4H3,(H,34,38)(H,36,39)/t21-,22+,25?/m1/s1. The monoisotopic (exact) mass is 580 g/mol. The number of aromatic nitrogens is 3. The van der Waals surface area contributed by atoms with Crippen LogP contribution in [0, 0.1) is 30.6 Å². The van der Waals surface area contributed by atoms with E-state index in [9.17, 15) is 24.0 Å². The summed E-state index contributed by atoms with van der Waals surface area (Å²) in [6.45, 7) is 5.58. The van der Waals surface area contributed by atoms with Gasteiger partial charge in [0.25, 0.3) is 5.91 Å². The fourth-order valence-electron chi connectivity index (χ4n) is 4.98. The second kappa shape index (κ2) is 12.1. The number of alkyl halides is 1. The van der Waals surface area contributed by atoms with Gasteiger partial charge in [0, 0.05) is 11.1 Å². The number of aryl methyl sites for hydroxylation is 2. The number of likely N-dealkylation sites (tertiary alicyclic amines) is 1. The summed E-state index contributed by atoms with van der Waals surface area (Å²) in [6, 6.07) is 11.1. The quantitative estimate of drug-likeness (QED) is 0.397. The van der Waals surface area contributed by atoms with Crippen molar-refractivity contribution in [1.82, 2.24) is 25.4 Å². The van der Waals surface area contributed by atoms with Gasteiger partial charge in [-0.15, -0.1) is 0 Å². The Morgan fingerprint density at radius 1 is 1.24 bits per heavy atom. The van der Waals surface area contributed by atoms with Gasteiger partial charge in [0.1, 0.15) is 24.2 Å². The van der Waals surface area contributed by atoms with Crippen molar-refractivity contribution in [2.24, 2.45) is 5.41 Å². The highest BCUT2D eigenvalue weighted by molar-refractivity contribution is 6.30. The maximum atomic E-state index is 14.4. The number of amides is 2. The third kappa shape index (κ3) is 6.38. The van der Waals surface area contributed by atoms with E-state index in [0.717, 1.165) is 5.56 Å². The van der Waals surface area contributed by atoms with Crippen LogP contribution in [0.1, 0.15) is 60.2 Å². The van der Waals surface area contributed by atoms with E-state index < -0.39 is 47.6 Å². The number of hydrogen-bond donors (Lipinski definition) is 2. The summed E-state index contributed by atoms with van der Waals surface area (Å²) in [5, 5.41) is 18.9. The molecule has 0 spiro atoms. The van der Waals surface area contributed by atoms with E-state index in [2.05, 4.69) is 26.6 Å². The maximum Gasteiger partial charge on any atom is 0.307 e. The molecule has 2 aromatic heterocycles. The van der Waals surface area contributed by atoms with Crippen molar-refractivity contribution in [2.45, 2.75) is 58.7 Å². The molecule has 1 fully saturated rings. The molecular weight excluding hydrogens is 551 g/mol. The Labute approximate surface area is 241 Å². The van der Waals surface area contributed by atoms with Gasteiger partial charge in [-0.2, -0.15) is 10.4 Å². The second-order valence-corrected chi connectivity index (χ2v) is 10.9. The lowest BCUT2D eigenvalue weighted by Crippen LogP contribution is -2.54. The highest BCUT2D eigenvalue weighted by Crippen LogP contribution is 2.43. The summed E-state index contributed by atoms with van der Waals surface area (Å²) in [7, 11) is 0. The molecule has 0 aliphatic carbocycles. The van der Waals surface area contributed by atoms with E-state index in [0.29, 0.717) is 29.3 Å². The predicted molar refractivity (Wildman–Crippen MR) is 149 cm³/mol. The van der Waals surface area contributed by atoms with E-state index in [1.54, 1.807) is 45.9 Å². The number of H-pyrrole nitrogens is 1. The number of pyridine rings is 1. The number of hydrogen-bond acceptors (Lipinski definition) is 7. The van der Waals surface area contributed by atoms with Gasteiger partial charge in [-0.3, -0.25) is 14.4 Å². The lowest BCUT2D eigenvalue weighted by Gasteiger charge is -2.38. The van der Waals surface area contributed by atoms with Crippen molar-refractivity contribution in [1.29, 1.82) is 5.26 Å². The molecule has 1 saturated heterocycles. The van der Waals surface area contributed by atoms with E-state index in [-0.39, 0.29) is 17.2 Å². The smallest absolute Gasteiger partial charge is 0.307 e. The van der Waals surface area contributed by atoms with Gasteiger partial charge in [0.2, 0.25) is 5.91 Å². The molecule has 1 aliphatic rings. The van der Waals surface area contributed by atoms with E-state index in [1.165, 1.54) is 23.1 Å². The molecule has 3 heterocycles. The van der Waals surface area contributed by atoms with Crippen molar-refractivity contribution in [3.05, 3.63) is 80.5 Å². The summed E-state index contributed by atoms with van der Waals surface area (Å²) in [5.74, 6) is -1.15. The summed E-state index contributed by atoms with van der Waals surface area (Å²) >= 11 is 6.21. The third-order valence-corrected chi connectivity index (χ3v) is 7.37. The molecule has 3 atom stereocenters. The average Bonchev–Trinajstić information content (AvgIpc) is 3.40. The number of aromatic amines is 1.